The lowest BCUT2D eigenvalue weighted by Crippen LogP contribution is -1.95. The van der Waals surface area contributed by atoms with Crippen LogP contribution in [0.4, 0.5) is 0 Å². The molecule has 10 aromatic rings. The molecule has 0 atom stereocenters. The van der Waals surface area contributed by atoms with Gasteiger partial charge in [0.05, 0.1) is 15.9 Å². The van der Waals surface area contributed by atoms with Gasteiger partial charge in [-0.25, -0.2) is 9.97 Å². The highest BCUT2D eigenvalue weighted by Gasteiger charge is 2.20. The van der Waals surface area contributed by atoms with Crippen molar-refractivity contribution in [3.63, 3.8) is 0 Å². The van der Waals surface area contributed by atoms with Crippen LogP contribution >= 0.6 is 11.3 Å². The third-order valence-electron chi connectivity index (χ3n) is 9.48. The standard InChI is InChI=1S/C46H28N2OS/c1-3-13-29(14-4-1)31-17-11-19-33(25-31)38-27-35(28-40-42(38)36-21-7-9-23-39(36)49-40)46-47-43(45-44(48-46)37-22-8-10-24-41(37)50-45)34-20-12-18-32(26-34)30-15-5-2-6-16-30/h1-28H. The van der Waals surface area contributed by atoms with E-state index in [1.807, 2.05) is 12.1 Å². The number of nitrogens with zero attached hydrogens (tertiary/aromatic N) is 2. The number of fused-ring (bicyclic) bond motifs is 6. The van der Waals surface area contributed by atoms with Crippen molar-refractivity contribution in [3.05, 3.63) is 170 Å². The normalized spacial score (nSPS) is 11.6. The lowest BCUT2D eigenvalue weighted by atomic mass is 9.94. The van der Waals surface area contributed by atoms with E-state index in [0.29, 0.717) is 5.82 Å². The Hall–Kier alpha value is -6.36. The zero-order valence-electron chi connectivity index (χ0n) is 26.9. The van der Waals surface area contributed by atoms with Crippen LogP contribution in [0.5, 0.6) is 0 Å². The van der Waals surface area contributed by atoms with Crippen molar-refractivity contribution in [2.45, 2.75) is 0 Å². The van der Waals surface area contributed by atoms with Gasteiger partial charge < -0.3 is 4.42 Å². The number of hydrogen-bond acceptors (Lipinski definition) is 4. The van der Waals surface area contributed by atoms with Gasteiger partial charge in [-0.1, -0.05) is 133 Å². The minimum atomic E-state index is 0.670. The Labute approximate surface area is 292 Å². The van der Waals surface area contributed by atoms with Crippen LogP contribution in [0.2, 0.25) is 0 Å². The SMILES string of the molecule is c1ccc(-c2cccc(-c3nc(-c4cc(-c5cccc(-c6ccccc6)c5)c5c(c4)oc4ccccc45)nc4c3sc3ccccc34)c2)cc1. The van der Waals surface area contributed by atoms with E-state index in [9.17, 15) is 0 Å². The maximum absolute atomic E-state index is 6.56. The van der Waals surface area contributed by atoms with Crippen LogP contribution in [-0.4, -0.2) is 9.97 Å². The number of benzene rings is 7. The summed E-state index contributed by atoms with van der Waals surface area (Å²) in [5.74, 6) is 0.670. The predicted octanol–water partition coefficient (Wildman–Crippen LogP) is 13.1. The second kappa shape index (κ2) is 11.7. The summed E-state index contributed by atoms with van der Waals surface area (Å²) in [7, 11) is 0. The van der Waals surface area contributed by atoms with Crippen molar-refractivity contribution >= 4 is 53.6 Å². The summed E-state index contributed by atoms with van der Waals surface area (Å²) in [5.41, 5.74) is 12.4. The van der Waals surface area contributed by atoms with Gasteiger partial charge in [0.25, 0.3) is 0 Å². The van der Waals surface area contributed by atoms with E-state index in [1.165, 1.54) is 15.8 Å². The summed E-state index contributed by atoms with van der Waals surface area (Å²) in [6.45, 7) is 0. The molecule has 4 heteroatoms. The first-order valence-electron chi connectivity index (χ1n) is 16.7. The quantitative estimate of drug-likeness (QED) is 0.185. The molecule has 7 aromatic carbocycles. The Morgan fingerprint density at radius 3 is 1.78 bits per heavy atom. The smallest absolute Gasteiger partial charge is 0.160 e. The molecule has 10 rings (SSSR count). The van der Waals surface area contributed by atoms with Gasteiger partial charge in [-0.15, -0.1) is 11.3 Å². The van der Waals surface area contributed by atoms with Gasteiger partial charge in [-0.05, 0) is 69.8 Å². The van der Waals surface area contributed by atoms with Gasteiger partial charge in [-0.3, -0.25) is 0 Å². The number of rotatable bonds is 5. The van der Waals surface area contributed by atoms with E-state index in [4.69, 9.17) is 14.4 Å². The lowest BCUT2D eigenvalue weighted by Gasteiger charge is -2.12. The Morgan fingerprint density at radius 1 is 0.420 bits per heavy atom. The van der Waals surface area contributed by atoms with Crippen molar-refractivity contribution in [2.75, 3.05) is 0 Å². The Balaban J connectivity index is 1.24. The molecule has 0 spiro atoms. The second-order valence-electron chi connectivity index (χ2n) is 12.6. The van der Waals surface area contributed by atoms with Crippen LogP contribution in [0.25, 0.3) is 98.3 Å². The second-order valence-corrected chi connectivity index (χ2v) is 13.6. The van der Waals surface area contributed by atoms with E-state index in [-0.39, 0.29) is 0 Å². The molecular formula is C46H28N2OS. The fourth-order valence-corrected chi connectivity index (χ4v) is 8.25. The zero-order valence-corrected chi connectivity index (χ0v) is 27.7. The topological polar surface area (TPSA) is 38.9 Å². The zero-order chi connectivity index (χ0) is 33.0. The molecule has 3 aromatic heterocycles. The molecule has 0 N–H and O–H groups in total. The number of thiophene rings is 1. The van der Waals surface area contributed by atoms with Crippen molar-refractivity contribution in [1.82, 2.24) is 9.97 Å². The molecule has 0 fully saturated rings. The molecule has 0 bridgehead atoms. The average molecular weight is 657 g/mol. The highest BCUT2D eigenvalue weighted by atomic mass is 32.1. The van der Waals surface area contributed by atoms with Gasteiger partial charge in [-0.2, -0.15) is 0 Å². The maximum atomic E-state index is 6.56. The summed E-state index contributed by atoms with van der Waals surface area (Å²) < 4.78 is 8.84. The molecule has 0 amide bonds. The minimum absolute atomic E-state index is 0.670. The first-order chi connectivity index (χ1) is 24.8. The third-order valence-corrected chi connectivity index (χ3v) is 10.6. The van der Waals surface area contributed by atoms with Gasteiger partial charge in [0.1, 0.15) is 11.2 Å². The van der Waals surface area contributed by atoms with Crippen LogP contribution < -0.4 is 0 Å². The number of para-hydroxylation sites is 1. The molecule has 50 heavy (non-hydrogen) atoms. The van der Waals surface area contributed by atoms with Gasteiger partial charge in [0, 0.05) is 32.0 Å². The van der Waals surface area contributed by atoms with E-state index in [0.717, 1.165) is 76.6 Å². The van der Waals surface area contributed by atoms with Gasteiger partial charge in [0.2, 0.25) is 0 Å². The van der Waals surface area contributed by atoms with Crippen molar-refractivity contribution in [1.29, 1.82) is 0 Å². The average Bonchev–Trinajstić information content (AvgIpc) is 3.76. The van der Waals surface area contributed by atoms with E-state index >= 15 is 0 Å². The molecular weight excluding hydrogens is 629 g/mol. The van der Waals surface area contributed by atoms with Crippen LogP contribution in [0.3, 0.4) is 0 Å². The Morgan fingerprint density at radius 2 is 1.02 bits per heavy atom. The molecule has 0 aliphatic heterocycles. The molecule has 0 aliphatic rings. The molecule has 0 saturated heterocycles. The fourth-order valence-electron chi connectivity index (χ4n) is 7.10. The minimum Gasteiger partial charge on any atom is -0.456 e. The first kappa shape index (κ1) is 28.6. The molecule has 234 valence electrons. The monoisotopic (exact) mass is 656 g/mol. The van der Waals surface area contributed by atoms with Crippen molar-refractivity contribution < 1.29 is 4.42 Å². The molecule has 0 aliphatic carbocycles. The number of aromatic nitrogens is 2. The Bertz CT molecular complexity index is 2870. The number of hydrogen-bond donors (Lipinski definition) is 0. The first-order valence-corrected chi connectivity index (χ1v) is 17.6. The maximum Gasteiger partial charge on any atom is 0.160 e. The lowest BCUT2D eigenvalue weighted by molar-refractivity contribution is 0.669. The largest absolute Gasteiger partial charge is 0.456 e. The van der Waals surface area contributed by atoms with E-state index in [2.05, 4.69) is 158 Å². The summed E-state index contributed by atoms with van der Waals surface area (Å²) in [4.78, 5) is 10.7. The Kier molecular flexibility index (Phi) is 6.68. The third kappa shape index (κ3) is 4.80. The van der Waals surface area contributed by atoms with E-state index in [1.54, 1.807) is 11.3 Å². The highest BCUT2D eigenvalue weighted by Crippen LogP contribution is 2.43. The predicted molar refractivity (Wildman–Crippen MR) is 209 cm³/mol. The summed E-state index contributed by atoms with van der Waals surface area (Å²) in [6.07, 6.45) is 0. The van der Waals surface area contributed by atoms with Crippen LogP contribution in [0.15, 0.2) is 174 Å². The van der Waals surface area contributed by atoms with Gasteiger partial charge in [0.15, 0.2) is 5.82 Å². The summed E-state index contributed by atoms with van der Waals surface area (Å²) in [6, 6.07) is 59.6. The molecule has 0 saturated carbocycles. The van der Waals surface area contributed by atoms with Crippen LogP contribution in [0, 0.1) is 0 Å². The summed E-state index contributed by atoms with van der Waals surface area (Å²) >= 11 is 1.75. The van der Waals surface area contributed by atoms with Crippen molar-refractivity contribution in [3.8, 4) is 56.0 Å². The number of furan rings is 1. The molecule has 3 heterocycles. The summed E-state index contributed by atoms with van der Waals surface area (Å²) in [5, 5.41) is 3.32. The fraction of sp³-hybridized carbons (Fsp3) is 0. The van der Waals surface area contributed by atoms with Crippen LogP contribution in [0.1, 0.15) is 0 Å². The molecule has 3 nitrogen and oxygen atoms in total. The van der Waals surface area contributed by atoms with Crippen molar-refractivity contribution in [2.24, 2.45) is 0 Å². The van der Waals surface area contributed by atoms with Crippen LogP contribution in [-0.2, 0) is 0 Å². The van der Waals surface area contributed by atoms with E-state index < -0.39 is 0 Å². The molecule has 0 unspecified atom stereocenters. The highest BCUT2D eigenvalue weighted by molar-refractivity contribution is 7.26. The van der Waals surface area contributed by atoms with Gasteiger partial charge >= 0.3 is 0 Å². The molecule has 0 radical (unpaired) electrons.